The number of amides is 2. The van der Waals surface area contributed by atoms with Crippen LogP contribution in [0.4, 0.5) is 28.9 Å². The summed E-state index contributed by atoms with van der Waals surface area (Å²) in [6.45, 7) is 7.12. The lowest BCUT2D eigenvalue weighted by Crippen LogP contribution is -2.50. The molecule has 2 atom stereocenters. The van der Waals surface area contributed by atoms with Crippen LogP contribution < -0.4 is 28.7 Å². The first-order chi connectivity index (χ1) is 29.5. The maximum absolute atomic E-state index is 14.3. The largest absolute Gasteiger partial charge is 0.497 e. The van der Waals surface area contributed by atoms with E-state index in [1.54, 1.807) is 24.3 Å². The number of nitrogens with zero attached hydrogens (tertiary/aromatic N) is 2. The summed E-state index contributed by atoms with van der Waals surface area (Å²) < 4.78 is 129. The highest BCUT2D eigenvalue weighted by Crippen LogP contribution is 2.25. The van der Waals surface area contributed by atoms with Gasteiger partial charge in [0.2, 0.25) is 31.9 Å². The minimum atomic E-state index is -4.84. The molecule has 0 saturated heterocycles. The molecular weight excluding hydrogens is 853 g/mol. The first-order valence-corrected chi connectivity index (χ1v) is 21.6. The molecule has 5 rings (SSSR count). The summed E-state index contributed by atoms with van der Waals surface area (Å²) in [6.07, 6.45) is 1.67. The first-order valence-electron chi connectivity index (χ1n) is 18.6. The average molecular weight is 895 g/mol. The van der Waals surface area contributed by atoms with Gasteiger partial charge in [-0.3, -0.25) is 9.59 Å². The van der Waals surface area contributed by atoms with Gasteiger partial charge >= 0.3 is 0 Å². The minimum absolute atomic E-state index is 0.0774. The number of benzene rings is 5. The number of halogens is 4. The Morgan fingerprint density at radius 1 is 0.581 bits per heavy atom. The van der Waals surface area contributed by atoms with Crippen LogP contribution in [0.5, 0.6) is 11.5 Å². The van der Waals surface area contributed by atoms with Crippen LogP contribution >= 0.6 is 0 Å². The van der Waals surface area contributed by atoms with E-state index in [-0.39, 0.29) is 24.2 Å². The monoisotopic (exact) mass is 894 g/mol. The Kier molecular flexibility index (Phi) is 15.4. The van der Waals surface area contributed by atoms with Crippen LogP contribution in [0.25, 0.3) is 0 Å². The molecule has 5 aromatic rings. The molecule has 0 aliphatic carbocycles. The van der Waals surface area contributed by atoms with Gasteiger partial charge in [0.25, 0.3) is 0 Å². The molecule has 0 unspecified atom stereocenters. The quantitative estimate of drug-likeness (QED) is 0.0667. The second kappa shape index (κ2) is 20.5. The van der Waals surface area contributed by atoms with Crippen LogP contribution in [0, 0.1) is 23.3 Å². The maximum atomic E-state index is 14.3. The summed E-state index contributed by atoms with van der Waals surface area (Å²) in [5.41, 5.74) is 0.444. The summed E-state index contributed by atoms with van der Waals surface area (Å²) in [7, 11) is -6.79. The Hall–Kier alpha value is -6.34. The fourth-order valence-electron chi connectivity index (χ4n) is 6.41. The summed E-state index contributed by atoms with van der Waals surface area (Å²) in [6, 6.07) is 17.8. The second-order valence-electron chi connectivity index (χ2n) is 13.7. The molecule has 0 radical (unpaired) electrons. The van der Waals surface area contributed by atoms with Crippen molar-refractivity contribution in [3.8, 4) is 11.5 Å². The topological polar surface area (TPSA) is 151 Å². The van der Waals surface area contributed by atoms with E-state index in [4.69, 9.17) is 9.47 Å². The predicted octanol–water partition coefficient (Wildman–Crippen LogP) is 6.48. The van der Waals surface area contributed by atoms with Crippen molar-refractivity contribution < 1.29 is 53.5 Å². The Labute approximate surface area is 357 Å². The number of carbonyl (C=O) groups excluding carboxylic acids is 2. The number of rotatable bonds is 20. The van der Waals surface area contributed by atoms with Gasteiger partial charge in [0, 0.05) is 36.6 Å². The highest BCUT2D eigenvalue weighted by atomic mass is 32.2. The van der Waals surface area contributed by atoms with E-state index in [0.29, 0.717) is 35.0 Å². The number of ether oxygens (including phenoxy) is 2. The van der Waals surface area contributed by atoms with Crippen LogP contribution in [-0.2, 0) is 42.5 Å². The van der Waals surface area contributed by atoms with Gasteiger partial charge in [0.15, 0.2) is 0 Å². The Bertz CT molecular complexity index is 2430. The van der Waals surface area contributed by atoms with E-state index in [0.717, 1.165) is 48.5 Å². The summed E-state index contributed by atoms with van der Waals surface area (Å²) in [4.78, 5) is 29.6. The average Bonchev–Trinajstić information content (AvgIpc) is 3.23. The van der Waals surface area contributed by atoms with E-state index in [1.165, 1.54) is 60.4 Å². The molecule has 5 aromatic carbocycles. The fourth-order valence-corrected chi connectivity index (χ4v) is 8.95. The molecule has 0 spiro atoms. The van der Waals surface area contributed by atoms with Gasteiger partial charge in [-0.25, -0.2) is 34.4 Å². The number of carbonyl (C=O) groups is 2. The highest BCUT2D eigenvalue weighted by molar-refractivity contribution is 7.90. The minimum Gasteiger partial charge on any atom is -0.497 e. The van der Waals surface area contributed by atoms with Gasteiger partial charge in [-0.05, 0) is 115 Å². The van der Waals surface area contributed by atoms with Crippen molar-refractivity contribution in [1.82, 2.24) is 9.44 Å². The van der Waals surface area contributed by atoms with Gasteiger partial charge in [-0.15, -0.1) is 13.2 Å². The standard InChI is InChI=1S/C44H42F4N4O8S2/c1-5-18-51(35-10-14-37(59-3)15-11-35)43(53)41(24-29-20-31(45)26-32(46)21-29)49-61(55,56)39-8-7-9-40(28-39)62(57,58)50-42(25-30-22-33(47)27-34(48)23-30)44(54)52(19-6-2)36-12-16-38(60-4)17-13-36/h5-17,20-23,26-28,41-42,49-50H,1-2,18-19,24-25H2,3-4H3/t41-,42+. The molecular formula is C44H42F4N4O8S2. The fraction of sp³-hybridized carbons (Fsp3) is 0.182. The normalized spacial score (nSPS) is 12.5. The van der Waals surface area contributed by atoms with Crippen molar-refractivity contribution in [2.24, 2.45) is 0 Å². The summed E-state index contributed by atoms with van der Waals surface area (Å²) >= 11 is 0. The molecule has 0 bridgehead atoms. The van der Waals surface area contributed by atoms with Gasteiger partial charge < -0.3 is 19.3 Å². The zero-order valence-electron chi connectivity index (χ0n) is 33.4. The lowest BCUT2D eigenvalue weighted by Gasteiger charge is -2.28. The Morgan fingerprint density at radius 2 is 0.919 bits per heavy atom. The zero-order chi connectivity index (χ0) is 45.2. The number of methoxy groups -OCH3 is 2. The molecule has 2 amide bonds. The van der Waals surface area contributed by atoms with Gasteiger partial charge in [0.1, 0.15) is 46.9 Å². The third-order valence-electron chi connectivity index (χ3n) is 9.27. The van der Waals surface area contributed by atoms with Crippen molar-refractivity contribution in [2.75, 3.05) is 37.1 Å². The van der Waals surface area contributed by atoms with Crippen molar-refractivity contribution in [3.05, 3.63) is 169 Å². The third-order valence-corrected chi connectivity index (χ3v) is 12.2. The van der Waals surface area contributed by atoms with Gasteiger partial charge in [0.05, 0.1) is 24.0 Å². The number of hydrogen-bond acceptors (Lipinski definition) is 8. The SMILES string of the molecule is C=CCN(C(=O)[C@H](Cc1cc(F)cc(F)c1)NS(=O)(=O)c1cccc(S(=O)(=O)N[C@H](Cc2cc(F)cc(F)c2)C(=O)N(CC=C)c2ccc(OC)cc2)c1)c1ccc(OC)cc1. The van der Waals surface area contributed by atoms with Crippen molar-refractivity contribution in [1.29, 1.82) is 0 Å². The Balaban J connectivity index is 1.51. The first kappa shape index (κ1) is 46.7. The van der Waals surface area contributed by atoms with E-state index in [9.17, 15) is 44.0 Å². The van der Waals surface area contributed by atoms with E-state index in [2.05, 4.69) is 22.6 Å². The number of anilines is 2. The van der Waals surface area contributed by atoms with Crippen LogP contribution in [0.3, 0.4) is 0 Å². The molecule has 0 saturated carbocycles. The number of hydrogen-bond donors (Lipinski definition) is 2. The summed E-state index contributed by atoms with van der Waals surface area (Å²) in [5, 5.41) is 0. The molecule has 0 heterocycles. The molecule has 62 heavy (non-hydrogen) atoms. The van der Waals surface area contributed by atoms with Crippen molar-refractivity contribution in [2.45, 2.75) is 34.7 Å². The Morgan fingerprint density at radius 3 is 1.23 bits per heavy atom. The smallest absolute Gasteiger partial charge is 0.245 e. The van der Waals surface area contributed by atoms with E-state index >= 15 is 0 Å². The predicted molar refractivity (Wildman–Crippen MR) is 226 cm³/mol. The van der Waals surface area contributed by atoms with Gasteiger partial charge in [-0.2, -0.15) is 9.44 Å². The van der Waals surface area contributed by atoms with Gasteiger partial charge in [-0.1, -0.05) is 18.2 Å². The number of sulfonamides is 2. The van der Waals surface area contributed by atoms with Crippen molar-refractivity contribution >= 4 is 43.2 Å². The molecule has 0 fully saturated rings. The molecule has 0 aromatic heterocycles. The maximum Gasteiger partial charge on any atom is 0.245 e. The lowest BCUT2D eigenvalue weighted by molar-refractivity contribution is -0.120. The second-order valence-corrected chi connectivity index (χ2v) is 17.1. The number of nitrogens with one attached hydrogen (secondary N) is 2. The molecule has 2 N–H and O–H groups in total. The van der Waals surface area contributed by atoms with E-state index < -0.39 is 89.8 Å². The van der Waals surface area contributed by atoms with Crippen LogP contribution in [0.15, 0.2) is 144 Å². The van der Waals surface area contributed by atoms with Crippen LogP contribution in [0.1, 0.15) is 11.1 Å². The molecule has 18 heteroatoms. The molecule has 326 valence electrons. The van der Waals surface area contributed by atoms with Crippen molar-refractivity contribution in [3.63, 3.8) is 0 Å². The molecule has 0 aliphatic rings. The van der Waals surface area contributed by atoms with Crippen LogP contribution in [0.2, 0.25) is 0 Å². The highest BCUT2D eigenvalue weighted by Gasteiger charge is 2.33. The van der Waals surface area contributed by atoms with Crippen LogP contribution in [-0.4, -0.2) is 68.0 Å². The zero-order valence-corrected chi connectivity index (χ0v) is 35.1. The van der Waals surface area contributed by atoms with E-state index in [1.807, 2.05) is 0 Å². The summed E-state index contributed by atoms with van der Waals surface area (Å²) in [5.74, 6) is -4.71. The lowest BCUT2D eigenvalue weighted by atomic mass is 10.0. The molecule has 12 nitrogen and oxygen atoms in total. The molecule has 0 aliphatic heterocycles. The third kappa shape index (κ3) is 11.9.